The SMILES string of the molecule is COCCS(=O)(=O)C(CCN)c1ccccc1. The molecular formula is C12H19NO3S. The first-order valence-corrected chi connectivity index (χ1v) is 7.29. The van der Waals surface area contributed by atoms with Gasteiger partial charge in [0.2, 0.25) is 0 Å². The highest BCUT2D eigenvalue weighted by atomic mass is 32.2. The molecule has 1 aromatic rings. The van der Waals surface area contributed by atoms with Gasteiger partial charge in [-0.25, -0.2) is 8.42 Å². The Hall–Kier alpha value is -0.910. The first-order chi connectivity index (χ1) is 8.11. The van der Waals surface area contributed by atoms with E-state index in [4.69, 9.17) is 10.5 Å². The summed E-state index contributed by atoms with van der Waals surface area (Å²) in [6.45, 7) is 0.571. The number of sulfone groups is 1. The average molecular weight is 257 g/mol. The Morgan fingerprint density at radius 3 is 2.47 bits per heavy atom. The van der Waals surface area contributed by atoms with E-state index in [-0.39, 0.29) is 12.4 Å². The van der Waals surface area contributed by atoms with Crippen molar-refractivity contribution in [2.24, 2.45) is 5.73 Å². The number of methoxy groups -OCH3 is 1. The van der Waals surface area contributed by atoms with E-state index in [0.29, 0.717) is 13.0 Å². The predicted molar refractivity (Wildman–Crippen MR) is 68.5 cm³/mol. The molecule has 0 saturated carbocycles. The van der Waals surface area contributed by atoms with Crippen molar-refractivity contribution in [3.05, 3.63) is 35.9 Å². The zero-order valence-corrected chi connectivity index (χ0v) is 10.8. The molecule has 0 aliphatic rings. The molecule has 0 spiro atoms. The number of benzene rings is 1. The van der Waals surface area contributed by atoms with Gasteiger partial charge in [-0.15, -0.1) is 0 Å². The monoisotopic (exact) mass is 257 g/mol. The van der Waals surface area contributed by atoms with Gasteiger partial charge in [-0.3, -0.25) is 0 Å². The quantitative estimate of drug-likeness (QED) is 0.795. The Labute approximate surface area is 103 Å². The lowest BCUT2D eigenvalue weighted by atomic mass is 10.1. The van der Waals surface area contributed by atoms with Crippen LogP contribution in [0, 0.1) is 0 Å². The van der Waals surface area contributed by atoms with Crippen LogP contribution in [0.1, 0.15) is 17.2 Å². The van der Waals surface area contributed by atoms with Gasteiger partial charge in [-0.2, -0.15) is 0 Å². The molecule has 0 saturated heterocycles. The van der Waals surface area contributed by atoms with Crippen LogP contribution in [0.15, 0.2) is 30.3 Å². The molecule has 0 aromatic heterocycles. The van der Waals surface area contributed by atoms with Crippen LogP contribution in [-0.4, -0.2) is 34.4 Å². The molecule has 0 bridgehead atoms. The molecule has 1 rings (SSSR count). The topological polar surface area (TPSA) is 69.4 Å². The average Bonchev–Trinajstić information content (AvgIpc) is 2.34. The number of ether oxygens (including phenoxy) is 1. The molecule has 17 heavy (non-hydrogen) atoms. The van der Waals surface area contributed by atoms with Crippen LogP contribution in [-0.2, 0) is 14.6 Å². The summed E-state index contributed by atoms with van der Waals surface area (Å²) in [5, 5.41) is -0.524. The van der Waals surface area contributed by atoms with E-state index in [9.17, 15) is 8.42 Å². The zero-order chi connectivity index (χ0) is 12.7. The van der Waals surface area contributed by atoms with E-state index in [0.717, 1.165) is 5.56 Å². The van der Waals surface area contributed by atoms with Crippen molar-refractivity contribution < 1.29 is 13.2 Å². The van der Waals surface area contributed by atoms with Gasteiger partial charge in [0.25, 0.3) is 0 Å². The van der Waals surface area contributed by atoms with Crippen molar-refractivity contribution in [2.75, 3.05) is 26.0 Å². The summed E-state index contributed by atoms with van der Waals surface area (Å²) >= 11 is 0. The molecule has 1 atom stereocenters. The maximum absolute atomic E-state index is 12.1. The van der Waals surface area contributed by atoms with Gasteiger partial charge in [0.05, 0.1) is 17.6 Å². The second-order valence-corrected chi connectivity index (χ2v) is 6.14. The van der Waals surface area contributed by atoms with Crippen molar-refractivity contribution in [3.63, 3.8) is 0 Å². The van der Waals surface area contributed by atoms with E-state index in [1.54, 1.807) is 0 Å². The number of nitrogens with two attached hydrogens (primary N) is 1. The fourth-order valence-corrected chi connectivity index (χ4v) is 3.46. The van der Waals surface area contributed by atoms with Crippen LogP contribution >= 0.6 is 0 Å². The minimum atomic E-state index is -3.20. The zero-order valence-electron chi connectivity index (χ0n) is 10.0. The first kappa shape index (κ1) is 14.2. The minimum Gasteiger partial charge on any atom is -0.384 e. The molecule has 4 nitrogen and oxygen atoms in total. The van der Waals surface area contributed by atoms with E-state index in [1.165, 1.54) is 7.11 Å². The smallest absolute Gasteiger partial charge is 0.159 e. The molecule has 0 radical (unpaired) electrons. The molecule has 0 fully saturated rings. The summed E-state index contributed by atoms with van der Waals surface area (Å²) in [6, 6.07) is 9.19. The number of rotatable bonds is 7. The van der Waals surface area contributed by atoms with Crippen molar-refractivity contribution in [1.82, 2.24) is 0 Å². The van der Waals surface area contributed by atoms with Crippen LogP contribution in [0.4, 0.5) is 0 Å². The van der Waals surface area contributed by atoms with Gasteiger partial charge in [0.15, 0.2) is 9.84 Å². The molecule has 0 amide bonds. The second kappa shape index (κ2) is 6.74. The van der Waals surface area contributed by atoms with Crippen molar-refractivity contribution in [3.8, 4) is 0 Å². The molecule has 96 valence electrons. The van der Waals surface area contributed by atoms with E-state index >= 15 is 0 Å². The highest BCUT2D eigenvalue weighted by Gasteiger charge is 2.25. The lowest BCUT2D eigenvalue weighted by Crippen LogP contribution is -2.22. The fourth-order valence-electron chi connectivity index (χ4n) is 1.71. The van der Waals surface area contributed by atoms with Gasteiger partial charge in [0.1, 0.15) is 0 Å². The largest absolute Gasteiger partial charge is 0.384 e. The third-order valence-corrected chi connectivity index (χ3v) is 4.72. The predicted octanol–water partition coefficient (Wildman–Crippen LogP) is 1.14. The Morgan fingerprint density at radius 1 is 1.29 bits per heavy atom. The standard InChI is InChI=1S/C12H19NO3S/c1-16-9-10-17(14,15)12(7-8-13)11-5-3-2-4-6-11/h2-6,12H,7-10,13H2,1H3. The Kier molecular flexibility index (Phi) is 5.61. The molecule has 1 aromatic carbocycles. The van der Waals surface area contributed by atoms with Crippen LogP contribution in [0.25, 0.3) is 0 Å². The van der Waals surface area contributed by atoms with Gasteiger partial charge >= 0.3 is 0 Å². The molecule has 0 aliphatic carbocycles. The number of hydrogen-bond acceptors (Lipinski definition) is 4. The van der Waals surface area contributed by atoms with E-state index in [2.05, 4.69) is 0 Å². The van der Waals surface area contributed by atoms with Crippen molar-refractivity contribution >= 4 is 9.84 Å². The normalized spacial score (nSPS) is 13.5. The van der Waals surface area contributed by atoms with Gasteiger partial charge in [-0.05, 0) is 18.5 Å². The lowest BCUT2D eigenvalue weighted by Gasteiger charge is -2.17. The van der Waals surface area contributed by atoms with Gasteiger partial charge < -0.3 is 10.5 Å². The van der Waals surface area contributed by atoms with E-state index in [1.807, 2.05) is 30.3 Å². The molecule has 5 heteroatoms. The molecule has 0 heterocycles. The third kappa shape index (κ3) is 4.11. The second-order valence-electron chi connectivity index (χ2n) is 3.84. The Balaban J connectivity index is 2.93. The maximum Gasteiger partial charge on any atom is 0.159 e. The lowest BCUT2D eigenvalue weighted by molar-refractivity contribution is 0.217. The minimum absolute atomic E-state index is 0.0308. The number of hydrogen-bond donors (Lipinski definition) is 1. The molecular weight excluding hydrogens is 238 g/mol. The van der Waals surface area contributed by atoms with Crippen LogP contribution in [0.2, 0.25) is 0 Å². The first-order valence-electron chi connectivity index (χ1n) is 5.57. The fraction of sp³-hybridized carbons (Fsp3) is 0.500. The van der Waals surface area contributed by atoms with Gasteiger partial charge in [-0.1, -0.05) is 30.3 Å². The van der Waals surface area contributed by atoms with Crippen LogP contribution < -0.4 is 5.73 Å². The molecule has 1 unspecified atom stereocenters. The maximum atomic E-state index is 12.1. The summed E-state index contributed by atoms with van der Waals surface area (Å²) in [7, 11) is -1.71. The highest BCUT2D eigenvalue weighted by Crippen LogP contribution is 2.25. The highest BCUT2D eigenvalue weighted by molar-refractivity contribution is 7.91. The Bertz CT molecular complexity index is 417. The summed E-state index contributed by atoms with van der Waals surface area (Å²) in [5.41, 5.74) is 6.30. The molecule has 2 N–H and O–H groups in total. The summed E-state index contributed by atoms with van der Waals surface area (Å²) in [6.07, 6.45) is 0.441. The third-order valence-electron chi connectivity index (χ3n) is 2.61. The van der Waals surface area contributed by atoms with Crippen molar-refractivity contribution in [1.29, 1.82) is 0 Å². The summed E-state index contributed by atoms with van der Waals surface area (Å²) < 4.78 is 29.1. The Morgan fingerprint density at radius 2 is 1.94 bits per heavy atom. The summed E-state index contributed by atoms with van der Waals surface area (Å²) in [4.78, 5) is 0. The van der Waals surface area contributed by atoms with Crippen LogP contribution in [0.5, 0.6) is 0 Å². The van der Waals surface area contributed by atoms with Crippen molar-refractivity contribution in [2.45, 2.75) is 11.7 Å². The molecule has 0 aliphatic heterocycles. The summed E-state index contributed by atoms with van der Waals surface area (Å²) in [5.74, 6) is 0.0308. The van der Waals surface area contributed by atoms with E-state index < -0.39 is 15.1 Å². The van der Waals surface area contributed by atoms with Gasteiger partial charge in [0, 0.05) is 7.11 Å². The van der Waals surface area contributed by atoms with Crippen LogP contribution in [0.3, 0.4) is 0 Å².